The zero-order valence-electron chi connectivity index (χ0n) is 51.7. The van der Waals surface area contributed by atoms with Gasteiger partial charge >= 0.3 is 5.97 Å². The van der Waals surface area contributed by atoms with Crippen LogP contribution in [-0.4, -0.2) is 119 Å². The molecule has 6 aromatic heterocycles. The van der Waals surface area contributed by atoms with E-state index in [9.17, 15) is 21.6 Å². The zero-order valence-corrected chi connectivity index (χ0v) is 53.3. The summed E-state index contributed by atoms with van der Waals surface area (Å²) in [6, 6.07) is 30.8. The molecule has 0 amide bonds. The van der Waals surface area contributed by atoms with Gasteiger partial charge in [-0.15, -0.1) is 0 Å². The van der Waals surface area contributed by atoms with Crippen molar-refractivity contribution in [1.82, 2.24) is 43.4 Å². The summed E-state index contributed by atoms with van der Waals surface area (Å²) in [4.78, 5) is 32.1. The number of nitrogens with zero attached hydrogens (tertiary/aromatic N) is 9. The van der Waals surface area contributed by atoms with Crippen LogP contribution in [0.15, 0.2) is 128 Å². The Kier molecular flexibility index (Phi) is 19.4. The third-order valence-corrected chi connectivity index (χ3v) is 20.5. The molecule has 9 aromatic rings. The van der Waals surface area contributed by atoms with Gasteiger partial charge in [0.1, 0.15) is 16.6 Å². The second-order valence-electron chi connectivity index (χ2n) is 24.4. The molecule has 3 unspecified atom stereocenters. The minimum atomic E-state index is -3.28. The van der Waals surface area contributed by atoms with E-state index in [0.717, 1.165) is 112 Å². The second kappa shape index (κ2) is 26.9. The summed E-state index contributed by atoms with van der Waals surface area (Å²) in [6.07, 6.45) is 20.2. The summed E-state index contributed by atoms with van der Waals surface area (Å²) in [5.41, 5.74) is 17.8. The molecule has 3 aromatic carbocycles. The minimum Gasteiger partial charge on any atom is -0.456 e. The summed E-state index contributed by atoms with van der Waals surface area (Å²) >= 11 is 0. The number of esters is 1. The summed E-state index contributed by atoms with van der Waals surface area (Å²) in [7, 11) is -0.0912. The van der Waals surface area contributed by atoms with Crippen molar-refractivity contribution in [2.24, 2.45) is 0 Å². The molecule has 0 aliphatic carbocycles. The smallest absolute Gasteiger partial charge is 0.306 e. The molecular weight excluding hydrogens is 1110 g/mol. The predicted octanol–water partition coefficient (Wildman–Crippen LogP) is 11.8. The average molecular weight is 1200 g/mol. The molecule has 0 radical (unpaired) electrons. The number of aryl methyl sites for hydroxylation is 3. The van der Waals surface area contributed by atoms with Gasteiger partial charge in [0.2, 0.25) is 0 Å². The van der Waals surface area contributed by atoms with E-state index >= 15 is 0 Å². The van der Waals surface area contributed by atoms with Crippen LogP contribution < -0.4 is 0 Å². The molecule has 0 fully saturated rings. The maximum absolute atomic E-state index is 12.7. The Bertz CT molecular complexity index is 3890. The third-order valence-electron chi connectivity index (χ3n) is 17.6. The molecule has 86 heavy (non-hydrogen) atoms. The number of pyridine rings is 3. The predicted molar refractivity (Wildman–Crippen MR) is 346 cm³/mol. The molecule has 0 saturated carbocycles. The fourth-order valence-electron chi connectivity index (χ4n) is 13.0. The van der Waals surface area contributed by atoms with Crippen LogP contribution in [0.25, 0.3) is 32.7 Å². The van der Waals surface area contributed by atoms with Crippen molar-refractivity contribution in [2.75, 3.05) is 53.3 Å². The highest BCUT2D eigenvalue weighted by atomic mass is 32.2. The van der Waals surface area contributed by atoms with Crippen molar-refractivity contribution >= 4 is 58.4 Å². The SMILES string of the molecule is CCCCCCC(=O)OC(Cn1c2c(c3cc(C)ccc31)CN(C)CC2)c1ccncc1.Cc1ccc2c(c1)c1c(n2CC(c2cccnc2)S(C)(=O)=O)CCN(C)C1.Cc1ccc2c(c1)c1c(n2CC(c2ccncc2)S(C)(=O)=O)CCN(C)C1. The topological polar surface area (TPSA) is 158 Å². The van der Waals surface area contributed by atoms with Gasteiger partial charge in [-0.05, 0) is 148 Å². The summed E-state index contributed by atoms with van der Waals surface area (Å²) in [6.45, 7) is 15.8. The van der Waals surface area contributed by atoms with E-state index in [1.807, 2.05) is 30.3 Å². The Hall–Kier alpha value is -7.02. The van der Waals surface area contributed by atoms with E-state index < -0.39 is 30.2 Å². The first kappa shape index (κ1) is 62.0. The number of unbranched alkanes of at least 4 members (excludes halogenated alkanes) is 3. The van der Waals surface area contributed by atoms with Gasteiger partial charge in [-0.3, -0.25) is 19.7 Å². The van der Waals surface area contributed by atoms with Crippen LogP contribution >= 0.6 is 0 Å². The van der Waals surface area contributed by atoms with Crippen LogP contribution in [-0.2, 0) is 87.7 Å². The Morgan fingerprint density at radius 3 is 1.34 bits per heavy atom. The van der Waals surface area contributed by atoms with Gasteiger partial charge in [0.25, 0.3) is 0 Å². The molecule has 3 aliphatic heterocycles. The monoisotopic (exact) mass is 1200 g/mol. The van der Waals surface area contributed by atoms with Crippen molar-refractivity contribution in [2.45, 2.75) is 135 Å². The van der Waals surface area contributed by atoms with Crippen molar-refractivity contribution in [3.05, 3.63) is 195 Å². The first-order valence-corrected chi connectivity index (χ1v) is 34.3. The van der Waals surface area contributed by atoms with Gasteiger partial charge in [0, 0.05) is 178 Å². The van der Waals surface area contributed by atoms with Crippen LogP contribution in [0.1, 0.15) is 123 Å². The van der Waals surface area contributed by atoms with E-state index in [0.29, 0.717) is 26.1 Å². The van der Waals surface area contributed by atoms with E-state index in [1.54, 1.807) is 43.2 Å². The quantitative estimate of drug-likeness (QED) is 0.0629. The number of hydrogen-bond acceptors (Lipinski definition) is 12. The number of carbonyl (C=O) groups is 1. The van der Waals surface area contributed by atoms with Gasteiger partial charge in [-0.1, -0.05) is 67.1 Å². The number of benzene rings is 3. The maximum atomic E-state index is 12.7. The van der Waals surface area contributed by atoms with Crippen LogP contribution in [0.5, 0.6) is 0 Å². The van der Waals surface area contributed by atoms with E-state index in [1.165, 1.54) is 84.6 Å². The number of ether oxygens (including phenoxy) is 1. The number of likely N-dealkylation sites (N-methyl/N-ethyl adjacent to an activating group) is 3. The highest BCUT2D eigenvalue weighted by Gasteiger charge is 2.32. The van der Waals surface area contributed by atoms with Crippen LogP contribution in [0.2, 0.25) is 0 Å². The summed E-state index contributed by atoms with van der Waals surface area (Å²) < 4.78 is 63.4. The first-order chi connectivity index (χ1) is 41.2. The Morgan fingerprint density at radius 2 is 0.930 bits per heavy atom. The molecule has 0 saturated heterocycles. The van der Waals surface area contributed by atoms with Gasteiger partial charge in [-0.25, -0.2) is 16.8 Å². The molecule has 3 atom stereocenters. The largest absolute Gasteiger partial charge is 0.456 e. The van der Waals surface area contributed by atoms with Crippen LogP contribution in [0.4, 0.5) is 0 Å². The van der Waals surface area contributed by atoms with E-state index in [-0.39, 0.29) is 12.1 Å². The lowest BCUT2D eigenvalue weighted by atomic mass is 10.0. The molecule has 0 spiro atoms. The van der Waals surface area contributed by atoms with Gasteiger partial charge < -0.3 is 33.1 Å². The second-order valence-corrected chi connectivity index (χ2v) is 28.9. The van der Waals surface area contributed by atoms with Gasteiger partial charge in [0.15, 0.2) is 19.7 Å². The number of aromatic nitrogens is 6. The Labute approximate surface area is 508 Å². The van der Waals surface area contributed by atoms with Crippen molar-refractivity contribution < 1.29 is 26.4 Å². The van der Waals surface area contributed by atoms with E-state index in [2.05, 4.69) is 147 Å². The molecule has 12 rings (SSSR count). The standard InChI is InChI=1S/C27H35N3O2.2C21H25N3O2S/c1-4-5-6-7-8-27(31)32-26(21-11-14-28-15-12-21)19-30-24-10-9-20(2)17-22(24)23-18-29(3)16-13-25(23)30;1-15-4-5-19-17(12-15)18-13-23(2)11-8-20(18)24(19)14-21(27(3,25)26)16-6-9-22-10-7-16;1-15-6-7-19-17(11-15)18-13-23(2)10-8-20(18)24(19)14-21(27(3,25)26)16-5-4-9-22-12-16/h9-12,14-15,17,26H,4-8,13,16,18-19H2,1-3H3;4-7,9-10,12,21H,8,11,13-14H2,1-3H3;4-7,9,11-12,21H,8,10,13-14H2,1-3H3. The molecule has 15 nitrogen and oxygen atoms in total. The normalized spacial score (nSPS) is 15.9. The first-order valence-electron chi connectivity index (χ1n) is 30.4. The molecule has 454 valence electrons. The highest BCUT2D eigenvalue weighted by molar-refractivity contribution is 7.91. The molecule has 17 heteroatoms. The van der Waals surface area contributed by atoms with Crippen LogP contribution in [0, 0.1) is 20.8 Å². The maximum Gasteiger partial charge on any atom is 0.306 e. The lowest BCUT2D eigenvalue weighted by Crippen LogP contribution is -2.28. The number of rotatable bonds is 17. The van der Waals surface area contributed by atoms with Crippen molar-refractivity contribution in [1.29, 1.82) is 0 Å². The van der Waals surface area contributed by atoms with Gasteiger partial charge in [-0.2, -0.15) is 0 Å². The average Bonchev–Trinajstić information content (AvgIpc) is 1.75. The molecular formula is C69H85N9O6S2. The van der Waals surface area contributed by atoms with Crippen molar-refractivity contribution in [3.63, 3.8) is 0 Å². The summed E-state index contributed by atoms with van der Waals surface area (Å²) in [5.74, 6) is -0.108. The number of sulfone groups is 2. The molecule has 0 bridgehead atoms. The lowest BCUT2D eigenvalue weighted by molar-refractivity contribution is -0.150. The fraction of sp³-hybridized carbons (Fsp3) is 0.420. The van der Waals surface area contributed by atoms with Crippen molar-refractivity contribution in [3.8, 4) is 0 Å². The highest BCUT2D eigenvalue weighted by Crippen LogP contribution is 2.38. The molecule has 0 N–H and O–H groups in total. The third kappa shape index (κ3) is 14.2. The number of carbonyl (C=O) groups excluding carboxylic acids is 1. The summed E-state index contributed by atoms with van der Waals surface area (Å²) in [5, 5.41) is 2.63. The van der Waals surface area contributed by atoms with Crippen LogP contribution in [0.3, 0.4) is 0 Å². The Morgan fingerprint density at radius 1 is 0.512 bits per heavy atom. The number of hydrogen-bond donors (Lipinski definition) is 0. The molecule has 9 heterocycles. The minimum absolute atomic E-state index is 0.108. The zero-order chi connectivity index (χ0) is 60.9. The molecule has 3 aliphatic rings. The fourth-order valence-corrected chi connectivity index (χ4v) is 15.2. The van der Waals surface area contributed by atoms with E-state index in [4.69, 9.17) is 4.74 Å². The number of fused-ring (bicyclic) bond motifs is 9. The lowest BCUT2D eigenvalue weighted by Gasteiger charge is -2.26. The Balaban J connectivity index is 0.000000144. The van der Waals surface area contributed by atoms with Gasteiger partial charge in [0.05, 0.1) is 6.54 Å².